The molecule has 0 spiro atoms. The summed E-state index contributed by atoms with van der Waals surface area (Å²) in [5, 5.41) is 0. The van der Waals surface area contributed by atoms with Crippen molar-refractivity contribution in [1.29, 1.82) is 0 Å². The first-order valence-electron chi connectivity index (χ1n) is 12.3. The lowest BCUT2D eigenvalue weighted by Gasteiger charge is -2.41. The molecule has 10 heteroatoms. The number of anilines is 2. The third-order valence-electron chi connectivity index (χ3n) is 7.51. The van der Waals surface area contributed by atoms with Gasteiger partial charge in [-0.1, -0.05) is 6.07 Å². The molecule has 4 aromatic rings. The van der Waals surface area contributed by atoms with Crippen molar-refractivity contribution in [1.82, 2.24) is 19.3 Å². The van der Waals surface area contributed by atoms with Gasteiger partial charge in [0.15, 0.2) is 0 Å². The first-order valence-corrected chi connectivity index (χ1v) is 12.3. The molecule has 0 unspecified atom stereocenters. The van der Waals surface area contributed by atoms with Crippen LogP contribution in [0.25, 0.3) is 16.6 Å². The van der Waals surface area contributed by atoms with Crippen LogP contribution in [0.3, 0.4) is 0 Å². The normalized spacial score (nSPS) is 19.2. The van der Waals surface area contributed by atoms with Crippen LogP contribution < -0.4 is 10.6 Å². The van der Waals surface area contributed by atoms with E-state index in [0.29, 0.717) is 36.4 Å². The van der Waals surface area contributed by atoms with E-state index in [1.807, 2.05) is 13.8 Å². The van der Waals surface area contributed by atoms with Crippen LogP contribution in [-0.2, 0) is 15.1 Å². The summed E-state index contributed by atoms with van der Waals surface area (Å²) < 4.78 is 28.7. The van der Waals surface area contributed by atoms with Crippen molar-refractivity contribution < 1.29 is 18.7 Å². The highest BCUT2D eigenvalue weighted by Gasteiger charge is 2.38. The van der Waals surface area contributed by atoms with E-state index in [0.717, 1.165) is 29.9 Å². The van der Waals surface area contributed by atoms with Crippen LogP contribution in [0.1, 0.15) is 41.4 Å². The van der Waals surface area contributed by atoms with Crippen LogP contribution in [0.4, 0.5) is 15.9 Å². The van der Waals surface area contributed by atoms with Gasteiger partial charge in [-0.05, 0) is 43.2 Å². The van der Waals surface area contributed by atoms with Gasteiger partial charge in [0, 0.05) is 31.9 Å². The number of imidazole rings is 1. The fraction of sp³-hybridized carbons (Fsp3) is 0.370. The summed E-state index contributed by atoms with van der Waals surface area (Å²) in [5.74, 6) is -0.854. The Labute approximate surface area is 213 Å². The van der Waals surface area contributed by atoms with Gasteiger partial charge >= 0.3 is 0 Å². The highest BCUT2D eigenvalue weighted by atomic mass is 19.1. The minimum Gasteiger partial charge on any atom is -0.382 e. The van der Waals surface area contributed by atoms with Gasteiger partial charge in [-0.3, -0.25) is 9.20 Å². The number of ether oxygens (including phenoxy) is 2. The Morgan fingerprint density at radius 1 is 1.19 bits per heavy atom. The summed E-state index contributed by atoms with van der Waals surface area (Å²) in [6, 6.07) is 8.68. The Hall–Kier alpha value is -3.76. The molecule has 2 aromatic heterocycles. The molecule has 1 atom stereocenters. The summed E-state index contributed by atoms with van der Waals surface area (Å²) >= 11 is 0. The molecule has 0 bridgehead atoms. The zero-order valence-electron chi connectivity index (χ0n) is 21.1. The average molecular weight is 505 g/mol. The molecule has 2 aliphatic rings. The van der Waals surface area contributed by atoms with E-state index >= 15 is 4.39 Å². The maximum Gasteiger partial charge on any atom is 0.257 e. The quantitative estimate of drug-likeness (QED) is 0.456. The van der Waals surface area contributed by atoms with Crippen LogP contribution in [-0.4, -0.2) is 65.1 Å². The van der Waals surface area contributed by atoms with E-state index in [1.165, 1.54) is 12.1 Å². The molecule has 1 fully saturated rings. The maximum atomic E-state index is 15.2. The number of halogens is 1. The van der Waals surface area contributed by atoms with Crippen molar-refractivity contribution in [2.24, 2.45) is 0 Å². The van der Waals surface area contributed by atoms with Crippen LogP contribution in [0.5, 0.6) is 0 Å². The number of hydrogen-bond donors (Lipinski definition) is 1. The van der Waals surface area contributed by atoms with Crippen molar-refractivity contribution in [2.45, 2.75) is 25.5 Å². The maximum absolute atomic E-state index is 15.2. The van der Waals surface area contributed by atoms with E-state index in [4.69, 9.17) is 15.2 Å². The summed E-state index contributed by atoms with van der Waals surface area (Å²) in [5.41, 5.74) is 10.0. The predicted molar refractivity (Wildman–Crippen MR) is 138 cm³/mol. The third kappa shape index (κ3) is 3.87. The molecule has 4 heterocycles. The van der Waals surface area contributed by atoms with E-state index in [1.54, 1.807) is 28.9 Å². The molecule has 6 rings (SSSR count). The van der Waals surface area contributed by atoms with Crippen LogP contribution in [0, 0.1) is 5.82 Å². The molecular weight excluding hydrogens is 475 g/mol. The van der Waals surface area contributed by atoms with Gasteiger partial charge in [0.05, 0.1) is 60.6 Å². The van der Waals surface area contributed by atoms with Crippen LogP contribution in [0.15, 0.2) is 42.9 Å². The summed E-state index contributed by atoms with van der Waals surface area (Å²) in [7, 11) is 1.69. The second-order valence-corrected chi connectivity index (χ2v) is 10.1. The zero-order valence-corrected chi connectivity index (χ0v) is 21.1. The number of carbonyl (C=O) groups excluding carboxylic acids is 1. The minimum absolute atomic E-state index is 0.0482. The molecule has 0 aliphatic carbocycles. The van der Waals surface area contributed by atoms with Crippen molar-refractivity contribution in [3.05, 3.63) is 65.4 Å². The lowest BCUT2D eigenvalue weighted by molar-refractivity contribution is -0.0611. The second-order valence-electron chi connectivity index (χ2n) is 10.1. The molecule has 192 valence electrons. The first-order chi connectivity index (χ1) is 17.7. The minimum atomic E-state index is -0.657. The molecule has 9 nitrogen and oxygen atoms in total. The van der Waals surface area contributed by atoms with Crippen molar-refractivity contribution in [2.75, 3.05) is 50.6 Å². The number of nitrogens with zero attached hydrogens (tertiary/aromatic N) is 5. The highest BCUT2D eigenvalue weighted by Crippen LogP contribution is 2.41. The van der Waals surface area contributed by atoms with Gasteiger partial charge in [0.1, 0.15) is 17.2 Å². The van der Waals surface area contributed by atoms with E-state index in [2.05, 4.69) is 33.1 Å². The van der Waals surface area contributed by atoms with Gasteiger partial charge < -0.3 is 25.0 Å². The molecule has 37 heavy (non-hydrogen) atoms. The number of rotatable bonds is 3. The van der Waals surface area contributed by atoms with Gasteiger partial charge in [0.25, 0.3) is 5.91 Å². The SMILES string of the molecule is CN(C(=O)c1cc2c(cc1F)nc(N)c1cncn12)[C@@H]1COC(C)(C)c2cc(N3CCOCC3)ccc21. The summed E-state index contributed by atoms with van der Waals surface area (Å²) in [6.07, 6.45) is 3.16. The number of carbonyl (C=O) groups is 1. The van der Waals surface area contributed by atoms with E-state index in [9.17, 15) is 4.79 Å². The number of likely N-dealkylation sites (N-methyl/N-ethyl adjacent to an activating group) is 1. The lowest BCUT2D eigenvalue weighted by Crippen LogP contribution is -2.42. The Kier molecular flexibility index (Phi) is 5.54. The number of hydrogen-bond acceptors (Lipinski definition) is 7. The van der Waals surface area contributed by atoms with Crippen molar-refractivity contribution in [3.8, 4) is 0 Å². The first kappa shape index (κ1) is 23.6. The number of morpholine rings is 1. The molecule has 0 radical (unpaired) electrons. The molecule has 2 N–H and O–H groups in total. The molecule has 1 saturated heterocycles. The Bertz CT molecular complexity index is 1530. The summed E-state index contributed by atoms with van der Waals surface area (Å²) in [4.78, 5) is 25.9. The number of aromatic nitrogens is 3. The van der Waals surface area contributed by atoms with Gasteiger partial charge in [0.2, 0.25) is 0 Å². The second kappa shape index (κ2) is 8.67. The van der Waals surface area contributed by atoms with Crippen LogP contribution >= 0.6 is 0 Å². The van der Waals surface area contributed by atoms with Gasteiger partial charge in [-0.25, -0.2) is 14.4 Å². The number of nitrogen functional groups attached to an aromatic ring is 1. The highest BCUT2D eigenvalue weighted by molar-refractivity contribution is 5.98. The zero-order chi connectivity index (χ0) is 25.9. The fourth-order valence-corrected chi connectivity index (χ4v) is 5.34. The molecule has 0 saturated carbocycles. The number of fused-ring (bicyclic) bond motifs is 4. The topological polar surface area (TPSA) is 98.2 Å². The van der Waals surface area contributed by atoms with Crippen LogP contribution in [0.2, 0.25) is 0 Å². The standard InChI is InChI=1S/C27H29FN6O3/c1-27(2)19-10-16(33-6-8-36-9-7-33)4-5-17(19)24(14-37-27)32(3)26(35)18-11-22-21(12-20(18)28)31-25(29)23-13-30-15-34(22)23/h4-5,10-13,15,24H,6-9,14H2,1-3H3,(H2,29,31)/t24-/m1/s1. The largest absolute Gasteiger partial charge is 0.382 e. The van der Waals surface area contributed by atoms with Crippen molar-refractivity contribution in [3.63, 3.8) is 0 Å². The Morgan fingerprint density at radius 3 is 2.76 bits per heavy atom. The molecule has 1 amide bonds. The predicted octanol–water partition coefficient (Wildman–Crippen LogP) is 3.52. The van der Waals surface area contributed by atoms with Gasteiger partial charge in [-0.15, -0.1) is 0 Å². The fourth-order valence-electron chi connectivity index (χ4n) is 5.34. The average Bonchev–Trinajstić information content (AvgIpc) is 3.39. The summed E-state index contributed by atoms with van der Waals surface area (Å²) in [6.45, 7) is 7.42. The smallest absolute Gasteiger partial charge is 0.257 e. The number of benzene rings is 2. The number of nitrogens with two attached hydrogens (primary N) is 1. The van der Waals surface area contributed by atoms with E-state index < -0.39 is 17.3 Å². The molecule has 2 aromatic carbocycles. The lowest BCUT2D eigenvalue weighted by atomic mass is 9.85. The van der Waals surface area contributed by atoms with Crippen molar-refractivity contribution >= 4 is 34.0 Å². The van der Waals surface area contributed by atoms with E-state index in [-0.39, 0.29) is 17.4 Å². The Balaban J connectivity index is 1.37. The number of amides is 1. The Morgan fingerprint density at radius 2 is 1.97 bits per heavy atom. The monoisotopic (exact) mass is 504 g/mol. The molecule has 2 aliphatic heterocycles. The molecular formula is C27H29FN6O3. The third-order valence-corrected chi connectivity index (χ3v) is 7.51. The van der Waals surface area contributed by atoms with Gasteiger partial charge in [-0.2, -0.15) is 0 Å².